The SMILES string of the molecule is CCc1ccc(C(=O)NCCn2ccc(C(F)(F)F)n2)cc1. The molecular formula is C15H16F3N3O. The first-order valence-electron chi connectivity index (χ1n) is 6.88. The van der Waals surface area contributed by atoms with Crippen LogP contribution < -0.4 is 5.32 Å². The van der Waals surface area contributed by atoms with Crippen LogP contribution in [0.3, 0.4) is 0 Å². The van der Waals surface area contributed by atoms with Crippen LogP contribution in [0.4, 0.5) is 13.2 Å². The summed E-state index contributed by atoms with van der Waals surface area (Å²) in [6, 6.07) is 8.11. The van der Waals surface area contributed by atoms with Crippen molar-refractivity contribution in [2.45, 2.75) is 26.1 Å². The van der Waals surface area contributed by atoms with Crippen LogP contribution >= 0.6 is 0 Å². The van der Waals surface area contributed by atoms with Crippen molar-refractivity contribution in [1.29, 1.82) is 0 Å². The third-order valence-corrected chi connectivity index (χ3v) is 3.18. The number of hydrogen-bond donors (Lipinski definition) is 1. The molecule has 1 N–H and O–H groups in total. The Morgan fingerprint density at radius 2 is 1.91 bits per heavy atom. The molecular weight excluding hydrogens is 295 g/mol. The van der Waals surface area contributed by atoms with Gasteiger partial charge in [-0.25, -0.2) is 0 Å². The van der Waals surface area contributed by atoms with Gasteiger partial charge in [-0.2, -0.15) is 18.3 Å². The van der Waals surface area contributed by atoms with Crippen LogP contribution in [0.2, 0.25) is 0 Å². The minimum atomic E-state index is -4.45. The lowest BCUT2D eigenvalue weighted by Crippen LogP contribution is -2.27. The molecule has 0 aliphatic heterocycles. The zero-order valence-corrected chi connectivity index (χ0v) is 12.0. The molecule has 0 aliphatic rings. The molecule has 0 radical (unpaired) electrons. The number of amides is 1. The number of aryl methyl sites for hydroxylation is 1. The van der Waals surface area contributed by atoms with Gasteiger partial charge < -0.3 is 5.32 Å². The van der Waals surface area contributed by atoms with E-state index in [1.54, 1.807) is 12.1 Å². The summed E-state index contributed by atoms with van der Waals surface area (Å²) in [5.74, 6) is -0.258. The fourth-order valence-corrected chi connectivity index (χ4v) is 1.92. The Morgan fingerprint density at radius 1 is 1.23 bits per heavy atom. The van der Waals surface area contributed by atoms with Gasteiger partial charge in [0.15, 0.2) is 5.69 Å². The van der Waals surface area contributed by atoms with E-state index < -0.39 is 11.9 Å². The first-order valence-corrected chi connectivity index (χ1v) is 6.88. The van der Waals surface area contributed by atoms with Crippen molar-refractivity contribution in [1.82, 2.24) is 15.1 Å². The van der Waals surface area contributed by atoms with E-state index in [4.69, 9.17) is 0 Å². The number of nitrogens with one attached hydrogen (secondary N) is 1. The molecule has 0 spiro atoms. The van der Waals surface area contributed by atoms with Crippen molar-refractivity contribution in [2.24, 2.45) is 0 Å². The third-order valence-electron chi connectivity index (χ3n) is 3.18. The predicted molar refractivity (Wildman–Crippen MR) is 75.4 cm³/mol. The van der Waals surface area contributed by atoms with Gasteiger partial charge in [-0.3, -0.25) is 9.48 Å². The normalized spacial score (nSPS) is 11.5. The molecule has 0 saturated heterocycles. The number of alkyl halides is 3. The van der Waals surface area contributed by atoms with Crippen LogP contribution in [0.15, 0.2) is 36.5 Å². The fourth-order valence-electron chi connectivity index (χ4n) is 1.92. The second-order valence-corrected chi connectivity index (χ2v) is 4.77. The summed E-state index contributed by atoms with van der Waals surface area (Å²) in [5, 5.41) is 6.07. The Balaban J connectivity index is 1.85. The highest BCUT2D eigenvalue weighted by molar-refractivity contribution is 5.94. The van der Waals surface area contributed by atoms with E-state index in [9.17, 15) is 18.0 Å². The Kier molecular flexibility index (Phi) is 4.85. The molecule has 2 rings (SSSR count). The van der Waals surface area contributed by atoms with Gasteiger partial charge in [0.2, 0.25) is 0 Å². The van der Waals surface area contributed by atoms with Gasteiger partial charge in [0, 0.05) is 18.3 Å². The number of carbonyl (C=O) groups excluding carboxylic acids is 1. The number of aromatic nitrogens is 2. The maximum atomic E-state index is 12.4. The lowest BCUT2D eigenvalue weighted by atomic mass is 10.1. The molecule has 0 bridgehead atoms. The van der Waals surface area contributed by atoms with Crippen LogP contribution in [0.1, 0.15) is 28.5 Å². The molecule has 118 valence electrons. The maximum Gasteiger partial charge on any atom is 0.435 e. The van der Waals surface area contributed by atoms with Gasteiger partial charge in [0.05, 0.1) is 6.54 Å². The van der Waals surface area contributed by atoms with E-state index in [-0.39, 0.29) is 19.0 Å². The van der Waals surface area contributed by atoms with E-state index >= 15 is 0 Å². The number of hydrogen-bond acceptors (Lipinski definition) is 2. The van der Waals surface area contributed by atoms with Crippen LogP contribution in [-0.2, 0) is 19.1 Å². The van der Waals surface area contributed by atoms with Gasteiger partial charge in [0.25, 0.3) is 5.91 Å². The number of benzene rings is 1. The highest BCUT2D eigenvalue weighted by atomic mass is 19.4. The zero-order chi connectivity index (χ0) is 16.2. The first-order chi connectivity index (χ1) is 10.4. The van der Waals surface area contributed by atoms with E-state index in [1.165, 1.54) is 6.20 Å². The van der Waals surface area contributed by atoms with Crippen LogP contribution in [0.5, 0.6) is 0 Å². The molecule has 0 aliphatic carbocycles. The van der Waals surface area contributed by atoms with E-state index in [2.05, 4.69) is 10.4 Å². The Labute approximate surface area is 125 Å². The highest BCUT2D eigenvalue weighted by Crippen LogP contribution is 2.27. The summed E-state index contributed by atoms with van der Waals surface area (Å²) in [7, 11) is 0. The molecule has 4 nitrogen and oxygen atoms in total. The fraction of sp³-hybridized carbons (Fsp3) is 0.333. The second-order valence-electron chi connectivity index (χ2n) is 4.77. The van der Waals surface area contributed by atoms with Crippen molar-refractivity contribution in [2.75, 3.05) is 6.54 Å². The standard InChI is InChI=1S/C15H16F3N3O/c1-2-11-3-5-12(6-4-11)14(22)19-8-10-21-9-7-13(20-21)15(16,17)18/h3-7,9H,2,8,10H2,1H3,(H,19,22). The molecule has 7 heteroatoms. The lowest BCUT2D eigenvalue weighted by Gasteiger charge is -2.06. The van der Waals surface area contributed by atoms with Gasteiger partial charge in [-0.05, 0) is 30.2 Å². The molecule has 0 fully saturated rings. The third kappa shape index (κ3) is 4.09. The molecule has 1 aromatic carbocycles. The minimum Gasteiger partial charge on any atom is -0.350 e. The highest BCUT2D eigenvalue weighted by Gasteiger charge is 2.33. The van der Waals surface area contributed by atoms with E-state index in [0.717, 1.165) is 22.7 Å². The van der Waals surface area contributed by atoms with E-state index in [1.807, 2.05) is 19.1 Å². The zero-order valence-electron chi connectivity index (χ0n) is 12.0. The summed E-state index contributed by atoms with van der Waals surface area (Å²) < 4.78 is 38.3. The Hall–Kier alpha value is -2.31. The maximum absolute atomic E-state index is 12.4. The molecule has 0 unspecified atom stereocenters. The summed E-state index contributed by atoms with van der Waals surface area (Å²) in [6.45, 7) is 2.40. The van der Waals surface area contributed by atoms with Gasteiger partial charge in [-0.15, -0.1) is 0 Å². The average Bonchev–Trinajstić information content (AvgIpc) is 2.96. The molecule has 22 heavy (non-hydrogen) atoms. The topological polar surface area (TPSA) is 46.9 Å². The molecule has 2 aromatic rings. The molecule has 1 heterocycles. The van der Waals surface area contributed by atoms with Gasteiger partial charge in [-0.1, -0.05) is 19.1 Å². The Morgan fingerprint density at radius 3 is 2.45 bits per heavy atom. The van der Waals surface area contributed by atoms with Crippen LogP contribution in [-0.4, -0.2) is 22.2 Å². The molecule has 1 aromatic heterocycles. The van der Waals surface area contributed by atoms with Gasteiger partial charge in [0.1, 0.15) is 0 Å². The molecule has 0 saturated carbocycles. The van der Waals surface area contributed by atoms with E-state index in [0.29, 0.717) is 5.56 Å². The largest absolute Gasteiger partial charge is 0.435 e. The number of rotatable bonds is 5. The lowest BCUT2D eigenvalue weighted by molar-refractivity contribution is -0.141. The average molecular weight is 311 g/mol. The van der Waals surface area contributed by atoms with Crippen molar-refractivity contribution >= 4 is 5.91 Å². The van der Waals surface area contributed by atoms with Crippen LogP contribution in [0.25, 0.3) is 0 Å². The molecule has 1 amide bonds. The Bertz CT molecular complexity index is 632. The number of halogens is 3. The summed E-state index contributed by atoms with van der Waals surface area (Å²) in [4.78, 5) is 11.9. The van der Waals surface area contributed by atoms with Crippen molar-refractivity contribution in [3.05, 3.63) is 53.3 Å². The van der Waals surface area contributed by atoms with Crippen molar-refractivity contribution in [3.8, 4) is 0 Å². The van der Waals surface area contributed by atoms with Crippen molar-refractivity contribution in [3.63, 3.8) is 0 Å². The summed E-state index contributed by atoms with van der Waals surface area (Å²) >= 11 is 0. The monoisotopic (exact) mass is 311 g/mol. The molecule has 0 atom stereocenters. The smallest absolute Gasteiger partial charge is 0.350 e. The predicted octanol–water partition coefficient (Wildman–Crippen LogP) is 2.89. The summed E-state index contributed by atoms with van der Waals surface area (Å²) in [5.41, 5.74) is 0.718. The first kappa shape index (κ1) is 16.1. The van der Waals surface area contributed by atoms with Crippen molar-refractivity contribution < 1.29 is 18.0 Å². The summed E-state index contributed by atoms with van der Waals surface area (Å²) in [6.07, 6.45) is -2.32. The number of nitrogens with zero attached hydrogens (tertiary/aromatic N) is 2. The second kappa shape index (κ2) is 6.64. The van der Waals surface area contributed by atoms with Gasteiger partial charge >= 0.3 is 6.18 Å². The van der Waals surface area contributed by atoms with Crippen LogP contribution in [0, 0.1) is 0 Å². The number of carbonyl (C=O) groups is 1. The quantitative estimate of drug-likeness (QED) is 0.923. The minimum absolute atomic E-state index is 0.175.